The van der Waals surface area contributed by atoms with Gasteiger partial charge in [0.1, 0.15) is 5.75 Å². The second-order valence-corrected chi connectivity index (χ2v) is 10.5. The maximum absolute atomic E-state index is 13.2. The molecule has 2 saturated heterocycles. The van der Waals surface area contributed by atoms with Crippen molar-refractivity contribution in [3.63, 3.8) is 0 Å². The Hall–Kier alpha value is -3.59. The molecule has 2 aromatic carbocycles. The van der Waals surface area contributed by atoms with Crippen LogP contribution in [0.15, 0.2) is 54.6 Å². The SMILES string of the molecule is COc1ccc(CNC(=O)[C@@H]2CCC[C@@H](NC(=O)NC3(c4ccccc4)CCOCC3)CN(C)C(=O)C2)cc1. The van der Waals surface area contributed by atoms with E-state index in [4.69, 9.17) is 9.47 Å². The lowest BCUT2D eigenvalue weighted by atomic mass is 9.83. The van der Waals surface area contributed by atoms with Gasteiger partial charge in [0.25, 0.3) is 0 Å². The lowest BCUT2D eigenvalue weighted by molar-refractivity contribution is -0.135. The number of amides is 4. The Morgan fingerprint density at radius 3 is 2.46 bits per heavy atom. The van der Waals surface area contributed by atoms with Crippen molar-refractivity contribution in [1.82, 2.24) is 20.9 Å². The van der Waals surface area contributed by atoms with Crippen LogP contribution in [0, 0.1) is 5.92 Å². The first-order chi connectivity index (χ1) is 18.9. The van der Waals surface area contributed by atoms with Gasteiger partial charge in [0.05, 0.1) is 12.6 Å². The smallest absolute Gasteiger partial charge is 0.315 e. The van der Waals surface area contributed by atoms with Crippen LogP contribution in [-0.2, 0) is 26.4 Å². The van der Waals surface area contributed by atoms with E-state index in [1.54, 1.807) is 19.1 Å². The van der Waals surface area contributed by atoms with Gasteiger partial charge in [-0.15, -0.1) is 0 Å². The Morgan fingerprint density at radius 1 is 1.05 bits per heavy atom. The van der Waals surface area contributed by atoms with Crippen molar-refractivity contribution in [3.05, 3.63) is 65.7 Å². The number of benzene rings is 2. The maximum atomic E-state index is 13.2. The number of ether oxygens (including phenoxy) is 2. The van der Waals surface area contributed by atoms with Crippen molar-refractivity contribution < 1.29 is 23.9 Å². The minimum absolute atomic E-state index is 0.0982. The van der Waals surface area contributed by atoms with Crippen LogP contribution in [-0.4, -0.2) is 62.7 Å². The fourth-order valence-corrected chi connectivity index (χ4v) is 5.42. The van der Waals surface area contributed by atoms with Crippen LogP contribution in [0.3, 0.4) is 0 Å². The number of nitrogens with one attached hydrogen (secondary N) is 3. The van der Waals surface area contributed by atoms with Gasteiger partial charge in [-0.25, -0.2) is 4.79 Å². The van der Waals surface area contributed by atoms with Crippen molar-refractivity contribution in [3.8, 4) is 5.75 Å². The number of nitrogens with zero attached hydrogens (tertiary/aromatic N) is 1. The number of hydrogen-bond acceptors (Lipinski definition) is 5. The van der Waals surface area contributed by atoms with Gasteiger partial charge in [-0.3, -0.25) is 9.59 Å². The third-order valence-corrected chi connectivity index (χ3v) is 7.80. The molecule has 2 aliphatic heterocycles. The van der Waals surface area contributed by atoms with Gasteiger partial charge in [-0.1, -0.05) is 48.9 Å². The molecule has 210 valence electrons. The summed E-state index contributed by atoms with van der Waals surface area (Å²) in [5, 5.41) is 9.32. The topological polar surface area (TPSA) is 109 Å². The highest BCUT2D eigenvalue weighted by atomic mass is 16.5. The molecule has 2 aromatic rings. The van der Waals surface area contributed by atoms with E-state index < -0.39 is 11.5 Å². The standard InChI is InChI=1S/C30H40N4O5/c1-34-21-25(32-29(37)33-30(15-17-39-18-16-30)24-8-4-3-5-9-24)10-6-7-23(19-27(34)35)28(36)31-20-22-11-13-26(38-2)14-12-22/h3-5,8-9,11-14,23,25H,6-7,10,15-21H2,1-2H3,(H,31,36)(H2,32,33,37)/t23-,25-/m1/s1. The maximum Gasteiger partial charge on any atom is 0.315 e. The minimum atomic E-state index is -0.489. The zero-order valence-corrected chi connectivity index (χ0v) is 22.9. The summed E-state index contributed by atoms with van der Waals surface area (Å²) in [6, 6.07) is 17.1. The van der Waals surface area contributed by atoms with Crippen LogP contribution in [0.2, 0.25) is 0 Å². The first kappa shape index (κ1) is 28.4. The van der Waals surface area contributed by atoms with Crippen molar-refractivity contribution in [2.75, 3.05) is 33.9 Å². The molecule has 0 aliphatic carbocycles. The van der Waals surface area contributed by atoms with Crippen LogP contribution < -0.4 is 20.7 Å². The van der Waals surface area contributed by atoms with Gasteiger partial charge >= 0.3 is 6.03 Å². The molecule has 0 spiro atoms. The number of carbonyl (C=O) groups excluding carboxylic acids is 3. The Kier molecular flexibility index (Phi) is 9.81. The van der Waals surface area contributed by atoms with E-state index in [1.807, 2.05) is 54.6 Å². The number of urea groups is 1. The Labute approximate surface area is 230 Å². The predicted molar refractivity (Wildman–Crippen MR) is 148 cm³/mol. The van der Waals surface area contributed by atoms with Crippen molar-refractivity contribution >= 4 is 17.8 Å². The zero-order valence-electron chi connectivity index (χ0n) is 22.9. The van der Waals surface area contributed by atoms with E-state index in [0.29, 0.717) is 52.0 Å². The van der Waals surface area contributed by atoms with E-state index in [0.717, 1.165) is 23.3 Å². The molecule has 2 aliphatic rings. The normalized spacial score (nSPS) is 21.6. The molecule has 0 aromatic heterocycles. The molecule has 0 unspecified atom stereocenters. The summed E-state index contributed by atoms with van der Waals surface area (Å²) in [6.07, 6.45) is 3.53. The molecule has 2 atom stereocenters. The Morgan fingerprint density at radius 2 is 1.77 bits per heavy atom. The second kappa shape index (κ2) is 13.5. The third-order valence-electron chi connectivity index (χ3n) is 7.80. The number of likely N-dealkylation sites (N-methyl/N-ethyl adjacent to an activating group) is 1. The minimum Gasteiger partial charge on any atom is -0.497 e. The summed E-state index contributed by atoms with van der Waals surface area (Å²) in [7, 11) is 3.35. The molecule has 2 heterocycles. The highest BCUT2D eigenvalue weighted by molar-refractivity contribution is 5.86. The Bertz CT molecular complexity index is 1100. The van der Waals surface area contributed by atoms with Crippen molar-refractivity contribution in [2.24, 2.45) is 5.92 Å². The van der Waals surface area contributed by atoms with Crippen LogP contribution in [0.5, 0.6) is 5.75 Å². The second-order valence-electron chi connectivity index (χ2n) is 10.5. The number of rotatable bonds is 7. The fraction of sp³-hybridized carbons (Fsp3) is 0.500. The van der Waals surface area contributed by atoms with Gasteiger partial charge in [0.2, 0.25) is 11.8 Å². The average molecular weight is 537 g/mol. The highest BCUT2D eigenvalue weighted by Gasteiger charge is 2.36. The zero-order chi connectivity index (χ0) is 27.7. The third kappa shape index (κ3) is 7.72. The Balaban J connectivity index is 1.34. The quantitative estimate of drug-likeness (QED) is 0.503. The number of methoxy groups -OCH3 is 1. The summed E-state index contributed by atoms with van der Waals surface area (Å²) in [5.41, 5.74) is 1.54. The average Bonchev–Trinajstić information content (AvgIpc) is 3.02. The molecular formula is C30H40N4O5. The lowest BCUT2D eigenvalue weighted by Crippen LogP contribution is -2.55. The molecule has 9 nitrogen and oxygen atoms in total. The molecular weight excluding hydrogens is 496 g/mol. The van der Waals surface area contributed by atoms with Gasteiger partial charge < -0.3 is 30.3 Å². The van der Waals surface area contributed by atoms with Gasteiger partial charge in [0.15, 0.2) is 0 Å². The summed E-state index contributed by atoms with van der Waals surface area (Å²) < 4.78 is 10.8. The first-order valence-corrected chi connectivity index (χ1v) is 13.7. The van der Waals surface area contributed by atoms with E-state index >= 15 is 0 Å². The van der Waals surface area contributed by atoms with E-state index in [-0.39, 0.29) is 30.3 Å². The molecule has 0 saturated carbocycles. The van der Waals surface area contributed by atoms with Crippen LogP contribution in [0.1, 0.15) is 49.7 Å². The summed E-state index contributed by atoms with van der Waals surface area (Å²) in [5.74, 6) is 0.129. The van der Waals surface area contributed by atoms with Gasteiger partial charge in [0, 0.05) is 51.7 Å². The molecule has 0 radical (unpaired) electrons. The van der Waals surface area contributed by atoms with Crippen LogP contribution in [0.25, 0.3) is 0 Å². The van der Waals surface area contributed by atoms with Crippen LogP contribution >= 0.6 is 0 Å². The number of carbonyl (C=O) groups is 3. The summed E-state index contributed by atoms with van der Waals surface area (Å²) in [4.78, 5) is 40.8. The number of hydrogen-bond donors (Lipinski definition) is 3. The van der Waals surface area contributed by atoms with E-state index in [9.17, 15) is 14.4 Å². The first-order valence-electron chi connectivity index (χ1n) is 13.7. The van der Waals surface area contributed by atoms with Gasteiger partial charge in [-0.2, -0.15) is 0 Å². The molecule has 0 bridgehead atoms. The molecule has 39 heavy (non-hydrogen) atoms. The van der Waals surface area contributed by atoms with Crippen LogP contribution in [0.4, 0.5) is 4.79 Å². The van der Waals surface area contributed by atoms with Crippen molar-refractivity contribution in [2.45, 2.75) is 56.7 Å². The summed E-state index contributed by atoms with van der Waals surface area (Å²) >= 11 is 0. The molecule has 4 rings (SSSR count). The largest absolute Gasteiger partial charge is 0.497 e. The molecule has 3 N–H and O–H groups in total. The molecule has 9 heteroatoms. The predicted octanol–water partition coefficient (Wildman–Crippen LogP) is 3.33. The highest BCUT2D eigenvalue weighted by Crippen LogP contribution is 2.32. The monoisotopic (exact) mass is 536 g/mol. The van der Waals surface area contributed by atoms with Gasteiger partial charge in [-0.05, 0) is 48.9 Å². The van der Waals surface area contributed by atoms with E-state index in [1.165, 1.54) is 0 Å². The van der Waals surface area contributed by atoms with Crippen molar-refractivity contribution in [1.29, 1.82) is 0 Å². The fourth-order valence-electron chi connectivity index (χ4n) is 5.42. The molecule has 4 amide bonds. The lowest BCUT2D eigenvalue weighted by Gasteiger charge is -2.39. The molecule has 2 fully saturated rings. The summed E-state index contributed by atoms with van der Waals surface area (Å²) in [6.45, 7) is 1.95. The van der Waals surface area contributed by atoms with E-state index in [2.05, 4.69) is 16.0 Å².